The van der Waals surface area contributed by atoms with Crippen LogP contribution in [0.3, 0.4) is 0 Å². The number of para-hydroxylation sites is 2. The molecule has 1 unspecified atom stereocenters. The molecule has 0 aliphatic carbocycles. The van der Waals surface area contributed by atoms with Crippen molar-refractivity contribution in [1.82, 2.24) is 0 Å². The normalized spacial score (nSPS) is 18.8. The Morgan fingerprint density at radius 3 is 2.90 bits per heavy atom. The highest BCUT2D eigenvalue weighted by molar-refractivity contribution is 5.58. The van der Waals surface area contributed by atoms with Crippen molar-refractivity contribution in [3.63, 3.8) is 0 Å². The first-order valence-corrected chi connectivity index (χ1v) is 7.54. The molecule has 0 radical (unpaired) electrons. The number of methoxy groups -OCH3 is 1. The third-order valence-corrected chi connectivity index (χ3v) is 3.76. The van der Waals surface area contributed by atoms with E-state index in [0.717, 1.165) is 44.0 Å². The lowest BCUT2D eigenvalue weighted by Gasteiger charge is -2.32. The Kier molecular flexibility index (Phi) is 6.15. The average molecular weight is 278 g/mol. The average Bonchev–Trinajstić information content (AvgIpc) is 2.52. The molecule has 1 heterocycles. The highest BCUT2D eigenvalue weighted by Crippen LogP contribution is 2.29. The lowest BCUT2D eigenvalue weighted by molar-refractivity contribution is 0.0209. The quantitative estimate of drug-likeness (QED) is 0.832. The zero-order valence-corrected chi connectivity index (χ0v) is 12.4. The summed E-state index contributed by atoms with van der Waals surface area (Å²) < 4.78 is 11.4. The molecule has 112 valence electrons. The summed E-state index contributed by atoms with van der Waals surface area (Å²) in [4.78, 5) is 2.35. The van der Waals surface area contributed by atoms with Crippen molar-refractivity contribution in [2.24, 2.45) is 5.73 Å². The molecular weight excluding hydrogens is 252 g/mol. The van der Waals surface area contributed by atoms with Gasteiger partial charge in [0.15, 0.2) is 0 Å². The van der Waals surface area contributed by atoms with Gasteiger partial charge in [-0.15, -0.1) is 0 Å². The first-order valence-electron chi connectivity index (χ1n) is 7.54. The van der Waals surface area contributed by atoms with E-state index in [-0.39, 0.29) is 0 Å². The summed E-state index contributed by atoms with van der Waals surface area (Å²) in [7, 11) is 1.72. The van der Waals surface area contributed by atoms with E-state index in [1.54, 1.807) is 7.11 Å². The number of hydrogen-bond donors (Lipinski definition) is 1. The predicted octanol–water partition coefficient (Wildman–Crippen LogP) is 2.42. The molecular formula is C16H26N2O2. The summed E-state index contributed by atoms with van der Waals surface area (Å²) in [5.74, 6) is 0.917. The van der Waals surface area contributed by atoms with Gasteiger partial charge in [-0.3, -0.25) is 0 Å². The fourth-order valence-electron chi connectivity index (χ4n) is 2.68. The number of benzene rings is 1. The van der Waals surface area contributed by atoms with Crippen LogP contribution in [0.5, 0.6) is 5.75 Å². The van der Waals surface area contributed by atoms with Crippen molar-refractivity contribution >= 4 is 5.69 Å². The number of nitrogens with zero attached hydrogens (tertiary/aromatic N) is 1. The van der Waals surface area contributed by atoms with Gasteiger partial charge in [0.2, 0.25) is 0 Å². The highest BCUT2D eigenvalue weighted by atomic mass is 16.5. The summed E-state index contributed by atoms with van der Waals surface area (Å²) >= 11 is 0. The van der Waals surface area contributed by atoms with Crippen LogP contribution in [0.2, 0.25) is 0 Å². The van der Waals surface area contributed by atoms with Crippen LogP contribution in [0, 0.1) is 0 Å². The van der Waals surface area contributed by atoms with Gasteiger partial charge in [-0.25, -0.2) is 0 Å². The van der Waals surface area contributed by atoms with Crippen LogP contribution in [-0.2, 0) is 4.74 Å². The molecule has 1 fully saturated rings. The van der Waals surface area contributed by atoms with Crippen molar-refractivity contribution in [1.29, 1.82) is 0 Å². The number of ether oxygens (including phenoxy) is 2. The summed E-state index contributed by atoms with van der Waals surface area (Å²) in [6, 6.07) is 8.17. The fraction of sp³-hybridized carbons (Fsp3) is 0.625. The van der Waals surface area contributed by atoms with Gasteiger partial charge in [0, 0.05) is 19.7 Å². The number of nitrogens with two attached hydrogens (primary N) is 1. The summed E-state index contributed by atoms with van der Waals surface area (Å²) in [6.07, 6.45) is 4.90. The van der Waals surface area contributed by atoms with Gasteiger partial charge in [-0.05, 0) is 44.4 Å². The van der Waals surface area contributed by atoms with Gasteiger partial charge in [0.1, 0.15) is 5.75 Å². The number of anilines is 1. The fourth-order valence-corrected chi connectivity index (χ4v) is 2.68. The van der Waals surface area contributed by atoms with E-state index in [4.69, 9.17) is 15.2 Å². The maximum Gasteiger partial charge on any atom is 0.142 e. The lowest BCUT2D eigenvalue weighted by atomic mass is 10.1. The van der Waals surface area contributed by atoms with Crippen LogP contribution in [0.15, 0.2) is 24.3 Å². The van der Waals surface area contributed by atoms with Gasteiger partial charge >= 0.3 is 0 Å². The first kappa shape index (κ1) is 15.1. The minimum atomic E-state index is 0.325. The molecule has 0 saturated carbocycles. The maximum absolute atomic E-state index is 5.87. The zero-order valence-electron chi connectivity index (χ0n) is 12.4. The minimum absolute atomic E-state index is 0.325. The van der Waals surface area contributed by atoms with E-state index in [2.05, 4.69) is 17.0 Å². The molecule has 0 bridgehead atoms. The van der Waals surface area contributed by atoms with Crippen LogP contribution >= 0.6 is 0 Å². The van der Waals surface area contributed by atoms with E-state index in [1.807, 2.05) is 12.1 Å². The minimum Gasteiger partial charge on any atom is -0.495 e. The topological polar surface area (TPSA) is 47.7 Å². The molecule has 0 amide bonds. The SMILES string of the molecule is COc1ccccc1N(CCCN)CC1CCCCO1. The largest absolute Gasteiger partial charge is 0.495 e. The third kappa shape index (κ3) is 4.12. The van der Waals surface area contributed by atoms with E-state index < -0.39 is 0 Å². The maximum atomic E-state index is 5.87. The van der Waals surface area contributed by atoms with Gasteiger partial charge in [-0.1, -0.05) is 12.1 Å². The molecule has 1 atom stereocenters. The van der Waals surface area contributed by atoms with E-state index in [9.17, 15) is 0 Å². The van der Waals surface area contributed by atoms with E-state index in [0.29, 0.717) is 12.6 Å². The number of rotatable bonds is 7. The molecule has 1 aliphatic heterocycles. The van der Waals surface area contributed by atoms with Gasteiger partial charge in [-0.2, -0.15) is 0 Å². The van der Waals surface area contributed by atoms with Gasteiger partial charge in [0.05, 0.1) is 18.9 Å². The molecule has 2 rings (SSSR count). The Labute approximate surface area is 121 Å². The van der Waals surface area contributed by atoms with Crippen LogP contribution in [0.4, 0.5) is 5.69 Å². The number of hydrogen-bond acceptors (Lipinski definition) is 4. The van der Waals surface area contributed by atoms with Crippen LogP contribution in [0.25, 0.3) is 0 Å². The first-order chi connectivity index (χ1) is 9.85. The van der Waals surface area contributed by atoms with Crippen LogP contribution in [0.1, 0.15) is 25.7 Å². The molecule has 4 nitrogen and oxygen atoms in total. The monoisotopic (exact) mass is 278 g/mol. The Morgan fingerprint density at radius 1 is 1.35 bits per heavy atom. The van der Waals surface area contributed by atoms with Crippen molar-refractivity contribution in [3.05, 3.63) is 24.3 Å². The van der Waals surface area contributed by atoms with Crippen molar-refractivity contribution in [3.8, 4) is 5.75 Å². The second-order valence-electron chi connectivity index (χ2n) is 5.25. The molecule has 20 heavy (non-hydrogen) atoms. The third-order valence-electron chi connectivity index (χ3n) is 3.76. The molecule has 1 saturated heterocycles. The molecule has 1 aromatic rings. The summed E-state index contributed by atoms with van der Waals surface area (Å²) in [6.45, 7) is 3.45. The second-order valence-corrected chi connectivity index (χ2v) is 5.25. The molecule has 0 aromatic heterocycles. The van der Waals surface area contributed by atoms with E-state index >= 15 is 0 Å². The highest BCUT2D eigenvalue weighted by Gasteiger charge is 2.19. The molecule has 0 spiro atoms. The predicted molar refractivity (Wildman–Crippen MR) is 82.5 cm³/mol. The van der Waals surface area contributed by atoms with Crippen molar-refractivity contribution < 1.29 is 9.47 Å². The molecule has 2 N–H and O–H groups in total. The van der Waals surface area contributed by atoms with Crippen LogP contribution in [-0.4, -0.2) is 39.5 Å². The Balaban J connectivity index is 2.08. The second kappa shape index (κ2) is 8.12. The van der Waals surface area contributed by atoms with Crippen LogP contribution < -0.4 is 15.4 Å². The Morgan fingerprint density at radius 2 is 2.20 bits per heavy atom. The Hall–Kier alpha value is -1.26. The summed E-state index contributed by atoms with van der Waals surface area (Å²) in [5.41, 5.74) is 6.81. The van der Waals surface area contributed by atoms with Gasteiger partial charge in [0.25, 0.3) is 0 Å². The smallest absolute Gasteiger partial charge is 0.142 e. The van der Waals surface area contributed by atoms with E-state index in [1.165, 1.54) is 12.8 Å². The Bertz CT molecular complexity index is 392. The molecule has 1 aliphatic rings. The van der Waals surface area contributed by atoms with Crippen molar-refractivity contribution in [2.45, 2.75) is 31.8 Å². The standard InChI is InChI=1S/C16H26N2O2/c1-19-16-9-3-2-8-15(16)18(11-6-10-17)13-14-7-4-5-12-20-14/h2-3,8-9,14H,4-7,10-13,17H2,1H3. The molecule has 4 heteroatoms. The molecule has 1 aromatic carbocycles. The summed E-state index contributed by atoms with van der Waals surface area (Å²) in [5, 5.41) is 0. The van der Waals surface area contributed by atoms with Crippen molar-refractivity contribution in [2.75, 3.05) is 38.3 Å². The van der Waals surface area contributed by atoms with Gasteiger partial charge < -0.3 is 20.1 Å². The lowest BCUT2D eigenvalue weighted by Crippen LogP contribution is -2.37. The zero-order chi connectivity index (χ0) is 14.2.